The van der Waals surface area contributed by atoms with Crippen LogP contribution in [0.5, 0.6) is 0 Å². The van der Waals surface area contributed by atoms with Crippen LogP contribution in [0, 0.1) is 12.3 Å². The van der Waals surface area contributed by atoms with E-state index in [2.05, 4.69) is 10.3 Å². The summed E-state index contributed by atoms with van der Waals surface area (Å²) in [6.07, 6.45) is 4.22. The van der Waals surface area contributed by atoms with Crippen LogP contribution in [0.2, 0.25) is 0 Å². The molecule has 0 unspecified atom stereocenters. The van der Waals surface area contributed by atoms with Crippen molar-refractivity contribution in [2.75, 3.05) is 6.54 Å². The Bertz CT molecular complexity index is 760. The van der Waals surface area contributed by atoms with Crippen LogP contribution in [0.15, 0.2) is 34.9 Å². The highest BCUT2D eigenvalue weighted by Crippen LogP contribution is 2.44. The highest BCUT2D eigenvalue weighted by molar-refractivity contribution is 5.85. The molecule has 6 nitrogen and oxygen atoms in total. The van der Waals surface area contributed by atoms with Crippen LogP contribution in [-0.4, -0.2) is 28.5 Å². The van der Waals surface area contributed by atoms with E-state index in [1.165, 1.54) is 5.56 Å². The van der Waals surface area contributed by atoms with E-state index in [1.807, 2.05) is 31.2 Å². The number of aliphatic carboxylic acids is 1. The maximum absolute atomic E-state index is 12.0. The Morgan fingerprint density at radius 2 is 2.00 bits per heavy atom. The molecule has 0 atom stereocenters. The molecular formula is C19H22N2O4. The fourth-order valence-corrected chi connectivity index (χ4v) is 3.02. The van der Waals surface area contributed by atoms with Gasteiger partial charge in [0, 0.05) is 24.9 Å². The molecule has 0 aliphatic heterocycles. The Balaban J connectivity index is 1.48. The molecule has 1 aliphatic carbocycles. The standard InChI is InChI=1S/C19H22N2O4/c1-13-3-5-14(6-4-13)17-21-15(12-25-17)7-10-20-16(22)11-19(18(23)24)8-2-9-19/h3-6,12H,2,7-11H2,1H3,(H,20,22)(H,23,24). The van der Waals surface area contributed by atoms with Gasteiger partial charge in [0.2, 0.25) is 11.8 Å². The Kier molecular flexibility index (Phi) is 4.88. The lowest BCUT2D eigenvalue weighted by Crippen LogP contribution is -2.42. The first-order chi connectivity index (χ1) is 12.0. The molecule has 1 aromatic heterocycles. The predicted octanol–water partition coefficient (Wildman–Crippen LogP) is 2.95. The fraction of sp³-hybridized carbons (Fsp3) is 0.421. The molecule has 1 heterocycles. The number of rotatable bonds is 7. The first-order valence-corrected chi connectivity index (χ1v) is 8.50. The molecule has 132 valence electrons. The van der Waals surface area contributed by atoms with Crippen molar-refractivity contribution in [1.29, 1.82) is 0 Å². The molecule has 1 aliphatic rings. The Morgan fingerprint density at radius 1 is 1.28 bits per heavy atom. The van der Waals surface area contributed by atoms with Crippen LogP contribution in [0.1, 0.15) is 36.9 Å². The third-order valence-electron chi connectivity index (χ3n) is 4.82. The van der Waals surface area contributed by atoms with Gasteiger partial charge in [0.1, 0.15) is 6.26 Å². The molecule has 1 amide bonds. The number of carboxylic acid groups (broad SMARTS) is 1. The summed E-state index contributed by atoms with van der Waals surface area (Å²) in [6.45, 7) is 2.43. The Hall–Kier alpha value is -2.63. The third-order valence-corrected chi connectivity index (χ3v) is 4.82. The van der Waals surface area contributed by atoms with Crippen LogP contribution in [-0.2, 0) is 16.0 Å². The number of carbonyl (C=O) groups is 2. The maximum atomic E-state index is 12.0. The van der Waals surface area contributed by atoms with Gasteiger partial charge in [0.25, 0.3) is 0 Å². The molecule has 1 saturated carbocycles. The van der Waals surface area contributed by atoms with E-state index in [-0.39, 0.29) is 12.3 Å². The molecule has 6 heteroatoms. The molecule has 0 bridgehead atoms. The van der Waals surface area contributed by atoms with E-state index in [0.717, 1.165) is 17.7 Å². The van der Waals surface area contributed by atoms with Crippen LogP contribution in [0.25, 0.3) is 11.5 Å². The number of carbonyl (C=O) groups excluding carboxylic acids is 1. The number of nitrogens with one attached hydrogen (secondary N) is 1. The average molecular weight is 342 g/mol. The number of benzene rings is 1. The van der Waals surface area contributed by atoms with Crippen molar-refractivity contribution in [3.63, 3.8) is 0 Å². The van der Waals surface area contributed by atoms with Gasteiger partial charge in [-0.15, -0.1) is 0 Å². The largest absolute Gasteiger partial charge is 0.481 e. The first kappa shape index (κ1) is 17.2. The number of oxazole rings is 1. The van der Waals surface area contributed by atoms with E-state index in [4.69, 9.17) is 4.42 Å². The summed E-state index contributed by atoms with van der Waals surface area (Å²) in [5.74, 6) is -0.530. The van der Waals surface area contributed by atoms with Gasteiger partial charge >= 0.3 is 5.97 Å². The monoisotopic (exact) mass is 342 g/mol. The van der Waals surface area contributed by atoms with Gasteiger partial charge in [-0.2, -0.15) is 0 Å². The minimum absolute atomic E-state index is 0.0514. The first-order valence-electron chi connectivity index (χ1n) is 8.50. The van der Waals surface area contributed by atoms with Gasteiger partial charge < -0.3 is 14.8 Å². The maximum Gasteiger partial charge on any atom is 0.310 e. The molecule has 0 saturated heterocycles. The summed E-state index contributed by atoms with van der Waals surface area (Å²) >= 11 is 0. The summed E-state index contributed by atoms with van der Waals surface area (Å²) < 4.78 is 5.49. The van der Waals surface area contributed by atoms with Crippen molar-refractivity contribution in [2.24, 2.45) is 5.41 Å². The zero-order valence-corrected chi connectivity index (χ0v) is 14.2. The Labute approximate surface area is 146 Å². The van der Waals surface area contributed by atoms with Gasteiger partial charge in [-0.25, -0.2) is 4.98 Å². The van der Waals surface area contributed by atoms with E-state index >= 15 is 0 Å². The number of nitrogens with zero attached hydrogens (tertiary/aromatic N) is 1. The Morgan fingerprint density at radius 3 is 2.60 bits per heavy atom. The topological polar surface area (TPSA) is 92.4 Å². The highest BCUT2D eigenvalue weighted by Gasteiger charge is 2.45. The minimum Gasteiger partial charge on any atom is -0.481 e. The summed E-state index contributed by atoms with van der Waals surface area (Å²) in [4.78, 5) is 27.7. The van der Waals surface area contributed by atoms with Crippen molar-refractivity contribution >= 4 is 11.9 Å². The van der Waals surface area contributed by atoms with E-state index in [9.17, 15) is 14.7 Å². The molecule has 0 spiro atoms. The van der Waals surface area contributed by atoms with Crippen LogP contribution < -0.4 is 5.32 Å². The molecule has 3 rings (SSSR count). The number of hydrogen-bond acceptors (Lipinski definition) is 4. The second-order valence-corrected chi connectivity index (χ2v) is 6.73. The molecule has 1 fully saturated rings. The molecule has 1 aromatic carbocycles. The van der Waals surface area contributed by atoms with Gasteiger partial charge in [0.15, 0.2) is 0 Å². The zero-order chi connectivity index (χ0) is 17.9. The summed E-state index contributed by atoms with van der Waals surface area (Å²) in [5, 5.41) is 12.0. The second-order valence-electron chi connectivity index (χ2n) is 6.73. The van der Waals surface area contributed by atoms with Gasteiger partial charge in [0.05, 0.1) is 11.1 Å². The quantitative estimate of drug-likeness (QED) is 0.807. The number of amides is 1. The molecule has 2 N–H and O–H groups in total. The van der Waals surface area contributed by atoms with Gasteiger partial charge in [-0.05, 0) is 31.9 Å². The van der Waals surface area contributed by atoms with Crippen molar-refractivity contribution < 1.29 is 19.1 Å². The smallest absolute Gasteiger partial charge is 0.310 e. The van der Waals surface area contributed by atoms with Crippen molar-refractivity contribution in [2.45, 2.75) is 39.0 Å². The summed E-state index contributed by atoms with van der Waals surface area (Å²) in [7, 11) is 0. The lowest BCUT2D eigenvalue weighted by molar-refractivity contribution is -0.157. The van der Waals surface area contributed by atoms with Crippen LogP contribution in [0.4, 0.5) is 0 Å². The average Bonchev–Trinajstić information content (AvgIpc) is 3.00. The number of aryl methyl sites for hydroxylation is 1. The molecule has 0 radical (unpaired) electrons. The number of carboxylic acids is 1. The van der Waals surface area contributed by atoms with E-state index in [1.54, 1.807) is 6.26 Å². The van der Waals surface area contributed by atoms with Gasteiger partial charge in [-0.1, -0.05) is 24.1 Å². The van der Waals surface area contributed by atoms with Crippen molar-refractivity contribution in [3.05, 3.63) is 41.8 Å². The van der Waals surface area contributed by atoms with Gasteiger partial charge in [-0.3, -0.25) is 9.59 Å². The normalized spacial score (nSPS) is 15.4. The zero-order valence-electron chi connectivity index (χ0n) is 14.2. The third kappa shape index (κ3) is 3.90. The lowest BCUT2D eigenvalue weighted by Gasteiger charge is -2.36. The fourth-order valence-electron chi connectivity index (χ4n) is 3.02. The molecular weight excluding hydrogens is 320 g/mol. The number of aromatic nitrogens is 1. The SMILES string of the molecule is Cc1ccc(-c2nc(CCNC(=O)CC3(C(=O)O)CCC3)co2)cc1. The van der Waals surface area contributed by atoms with E-state index < -0.39 is 11.4 Å². The van der Waals surface area contributed by atoms with Crippen LogP contribution >= 0.6 is 0 Å². The highest BCUT2D eigenvalue weighted by atomic mass is 16.4. The summed E-state index contributed by atoms with van der Waals surface area (Å²) in [5.41, 5.74) is 1.99. The van der Waals surface area contributed by atoms with E-state index in [0.29, 0.717) is 31.7 Å². The number of hydrogen-bond donors (Lipinski definition) is 2. The van der Waals surface area contributed by atoms with Crippen molar-refractivity contribution in [1.82, 2.24) is 10.3 Å². The lowest BCUT2D eigenvalue weighted by atomic mass is 9.66. The molecule has 2 aromatic rings. The van der Waals surface area contributed by atoms with Crippen molar-refractivity contribution in [3.8, 4) is 11.5 Å². The molecule has 25 heavy (non-hydrogen) atoms. The second kappa shape index (κ2) is 7.09. The van der Waals surface area contributed by atoms with Crippen LogP contribution in [0.3, 0.4) is 0 Å². The minimum atomic E-state index is -0.867. The summed E-state index contributed by atoms with van der Waals surface area (Å²) in [6, 6.07) is 7.91. The predicted molar refractivity (Wildman–Crippen MR) is 91.9 cm³/mol.